The summed E-state index contributed by atoms with van der Waals surface area (Å²) in [6.07, 6.45) is 4.86. The van der Waals surface area contributed by atoms with Gasteiger partial charge in [-0.15, -0.1) is 0 Å². The van der Waals surface area contributed by atoms with Gasteiger partial charge in [-0.05, 0) is 38.8 Å². The minimum atomic E-state index is -3.28. The SMILES string of the molecule is CNS(=O)(=O)CC1CCCN(C(=O)NC(C)c2ccncc2OC)C1. The first kappa shape index (κ1) is 19.5. The van der Waals surface area contributed by atoms with Crippen molar-refractivity contribution in [2.24, 2.45) is 5.92 Å². The van der Waals surface area contributed by atoms with Crippen molar-refractivity contribution in [2.75, 3.05) is 33.0 Å². The fourth-order valence-corrected chi connectivity index (χ4v) is 4.11. The van der Waals surface area contributed by atoms with Crippen molar-refractivity contribution in [3.63, 3.8) is 0 Å². The Bertz CT molecular complexity index is 695. The normalized spacial score (nSPS) is 19.3. The van der Waals surface area contributed by atoms with Gasteiger partial charge in [-0.3, -0.25) is 4.98 Å². The van der Waals surface area contributed by atoms with E-state index < -0.39 is 10.0 Å². The molecule has 0 bridgehead atoms. The van der Waals surface area contributed by atoms with Crippen LogP contribution in [0.2, 0.25) is 0 Å². The molecule has 0 spiro atoms. The van der Waals surface area contributed by atoms with Crippen LogP contribution in [-0.2, 0) is 10.0 Å². The molecule has 0 radical (unpaired) electrons. The van der Waals surface area contributed by atoms with Crippen molar-refractivity contribution in [1.82, 2.24) is 19.9 Å². The lowest BCUT2D eigenvalue weighted by Gasteiger charge is -2.33. The second-order valence-electron chi connectivity index (χ2n) is 6.23. The van der Waals surface area contributed by atoms with Crippen molar-refractivity contribution < 1.29 is 17.9 Å². The second-order valence-corrected chi connectivity index (χ2v) is 8.20. The zero-order valence-corrected chi connectivity index (χ0v) is 15.7. The highest BCUT2D eigenvalue weighted by Gasteiger charge is 2.28. The molecule has 1 aromatic heterocycles. The number of rotatable bonds is 6. The zero-order valence-electron chi connectivity index (χ0n) is 14.9. The molecule has 1 aromatic rings. The van der Waals surface area contributed by atoms with Gasteiger partial charge in [0, 0.05) is 24.8 Å². The van der Waals surface area contributed by atoms with Gasteiger partial charge >= 0.3 is 6.03 Å². The maximum atomic E-state index is 12.6. The van der Waals surface area contributed by atoms with Crippen LogP contribution < -0.4 is 14.8 Å². The summed E-state index contributed by atoms with van der Waals surface area (Å²) in [5, 5.41) is 2.95. The Kier molecular flexibility index (Phi) is 6.60. The van der Waals surface area contributed by atoms with Gasteiger partial charge in [0.05, 0.1) is 25.1 Å². The van der Waals surface area contributed by atoms with Crippen LogP contribution in [0.1, 0.15) is 31.4 Å². The Balaban J connectivity index is 1.98. The van der Waals surface area contributed by atoms with E-state index in [-0.39, 0.29) is 23.7 Å². The van der Waals surface area contributed by atoms with Crippen LogP contribution in [0.25, 0.3) is 0 Å². The number of urea groups is 1. The molecule has 1 aliphatic rings. The number of carbonyl (C=O) groups is 1. The minimum absolute atomic E-state index is 0.0427. The van der Waals surface area contributed by atoms with Crippen LogP contribution in [-0.4, -0.2) is 57.3 Å². The minimum Gasteiger partial charge on any atom is -0.495 e. The van der Waals surface area contributed by atoms with Crippen molar-refractivity contribution in [3.05, 3.63) is 24.0 Å². The summed E-state index contributed by atoms with van der Waals surface area (Å²) in [4.78, 5) is 18.2. The summed E-state index contributed by atoms with van der Waals surface area (Å²) in [5.41, 5.74) is 0.845. The zero-order chi connectivity index (χ0) is 18.4. The number of hydrogen-bond acceptors (Lipinski definition) is 5. The maximum absolute atomic E-state index is 12.6. The molecule has 2 amide bonds. The summed E-state index contributed by atoms with van der Waals surface area (Å²) in [6, 6.07) is 1.37. The summed E-state index contributed by atoms with van der Waals surface area (Å²) in [5.74, 6) is 0.607. The van der Waals surface area contributed by atoms with Crippen LogP contribution in [0.4, 0.5) is 4.79 Å². The van der Waals surface area contributed by atoms with Crippen LogP contribution in [0.15, 0.2) is 18.5 Å². The third-order valence-corrected chi connectivity index (χ3v) is 5.95. The van der Waals surface area contributed by atoms with Gasteiger partial charge < -0.3 is 15.0 Å². The van der Waals surface area contributed by atoms with E-state index in [4.69, 9.17) is 4.74 Å². The van der Waals surface area contributed by atoms with Crippen LogP contribution in [0, 0.1) is 5.92 Å². The molecule has 0 saturated carbocycles. The second kappa shape index (κ2) is 8.48. The van der Waals surface area contributed by atoms with Gasteiger partial charge in [-0.2, -0.15) is 0 Å². The molecule has 8 nitrogen and oxygen atoms in total. The highest BCUT2D eigenvalue weighted by atomic mass is 32.2. The lowest BCUT2D eigenvalue weighted by atomic mass is 10.0. The first-order chi connectivity index (χ1) is 11.9. The van der Waals surface area contributed by atoms with Crippen molar-refractivity contribution in [1.29, 1.82) is 0 Å². The van der Waals surface area contributed by atoms with E-state index in [2.05, 4.69) is 15.0 Å². The molecule has 0 aliphatic carbocycles. The average molecular weight is 370 g/mol. The Labute approximate surface area is 149 Å². The number of hydrogen-bond donors (Lipinski definition) is 2. The molecule has 25 heavy (non-hydrogen) atoms. The first-order valence-corrected chi connectivity index (χ1v) is 9.96. The standard InChI is InChI=1S/C16H26N4O4S/c1-12(14-6-7-18-9-15(14)24-3)19-16(21)20-8-4-5-13(10-20)11-25(22,23)17-2/h6-7,9,12-13,17H,4-5,8,10-11H2,1-3H3,(H,19,21). The molecule has 0 aromatic carbocycles. The molecule has 2 atom stereocenters. The fraction of sp³-hybridized carbons (Fsp3) is 0.625. The number of methoxy groups -OCH3 is 1. The lowest BCUT2D eigenvalue weighted by molar-refractivity contribution is 0.167. The number of carbonyl (C=O) groups excluding carboxylic acids is 1. The van der Waals surface area contributed by atoms with Gasteiger partial charge in [0.25, 0.3) is 0 Å². The smallest absolute Gasteiger partial charge is 0.317 e. The molecule has 9 heteroatoms. The van der Waals surface area contributed by atoms with E-state index in [0.717, 1.165) is 18.4 Å². The Morgan fingerprint density at radius 1 is 1.52 bits per heavy atom. The van der Waals surface area contributed by atoms with Gasteiger partial charge in [0.1, 0.15) is 5.75 Å². The maximum Gasteiger partial charge on any atom is 0.317 e. The van der Waals surface area contributed by atoms with Gasteiger partial charge in [0.15, 0.2) is 0 Å². The quantitative estimate of drug-likeness (QED) is 0.782. The molecule has 2 heterocycles. The van der Waals surface area contributed by atoms with E-state index in [1.807, 2.05) is 13.0 Å². The highest BCUT2D eigenvalue weighted by Crippen LogP contribution is 2.24. The first-order valence-electron chi connectivity index (χ1n) is 8.31. The molecule has 2 unspecified atom stereocenters. The molecule has 140 valence electrons. The third kappa shape index (κ3) is 5.30. The summed E-state index contributed by atoms with van der Waals surface area (Å²) in [6.45, 7) is 2.94. The van der Waals surface area contributed by atoms with E-state index in [1.165, 1.54) is 7.05 Å². The van der Waals surface area contributed by atoms with Crippen LogP contribution in [0.5, 0.6) is 5.75 Å². The summed E-state index contributed by atoms with van der Waals surface area (Å²) in [7, 11) is -0.304. The number of nitrogens with one attached hydrogen (secondary N) is 2. The predicted molar refractivity (Wildman–Crippen MR) is 94.9 cm³/mol. The third-order valence-electron chi connectivity index (χ3n) is 4.42. The van der Waals surface area contributed by atoms with Crippen molar-refractivity contribution in [3.8, 4) is 5.75 Å². The number of aromatic nitrogens is 1. The Hall–Kier alpha value is -1.87. The molecule has 2 rings (SSSR count). The van der Waals surface area contributed by atoms with Gasteiger partial charge in [-0.1, -0.05) is 0 Å². The van der Waals surface area contributed by atoms with Crippen molar-refractivity contribution >= 4 is 16.1 Å². The number of piperidine rings is 1. The Morgan fingerprint density at radius 2 is 2.28 bits per heavy atom. The molecular weight excluding hydrogens is 344 g/mol. The van der Waals surface area contributed by atoms with Crippen LogP contribution in [0.3, 0.4) is 0 Å². The number of amides is 2. The number of nitrogens with zero attached hydrogens (tertiary/aromatic N) is 2. The predicted octanol–water partition coefficient (Wildman–Crippen LogP) is 1.12. The molecule has 2 N–H and O–H groups in total. The topological polar surface area (TPSA) is 101 Å². The number of sulfonamides is 1. The number of ether oxygens (including phenoxy) is 1. The molecule has 1 fully saturated rings. The van der Waals surface area contributed by atoms with Gasteiger partial charge in [-0.25, -0.2) is 17.9 Å². The van der Waals surface area contributed by atoms with E-state index in [0.29, 0.717) is 18.8 Å². The van der Waals surface area contributed by atoms with E-state index in [1.54, 1.807) is 24.4 Å². The fourth-order valence-electron chi connectivity index (χ4n) is 3.05. The van der Waals surface area contributed by atoms with Crippen LogP contribution >= 0.6 is 0 Å². The molecule has 1 aliphatic heterocycles. The van der Waals surface area contributed by atoms with E-state index in [9.17, 15) is 13.2 Å². The van der Waals surface area contributed by atoms with E-state index >= 15 is 0 Å². The van der Waals surface area contributed by atoms with Gasteiger partial charge in [0.2, 0.25) is 10.0 Å². The highest BCUT2D eigenvalue weighted by molar-refractivity contribution is 7.89. The summed E-state index contributed by atoms with van der Waals surface area (Å²) < 4.78 is 31.1. The van der Waals surface area contributed by atoms with Crippen molar-refractivity contribution in [2.45, 2.75) is 25.8 Å². The Morgan fingerprint density at radius 3 is 2.96 bits per heavy atom. The number of likely N-dealkylation sites (tertiary alicyclic amines) is 1. The lowest BCUT2D eigenvalue weighted by Crippen LogP contribution is -2.47. The largest absolute Gasteiger partial charge is 0.495 e. The molecule has 1 saturated heterocycles. The summed E-state index contributed by atoms with van der Waals surface area (Å²) >= 11 is 0. The number of pyridine rings is 1. The molecular formula is C16H26N4O4S. The average Bonchev–Trinajstić information content (AvgIpc) is 2.61. The monoisotopic (exact) mass is 370 g/mol.